The number of nitriles is 1. The van der Waals surface area contributed by atoms with Crippen molar-refractivity contribution in [2.75, 3.05) is 10.5 Å². The smallest absolute Gasteiger partial charge is 0.246 e. The third-order valence-corrected chi connectivity index (χ3v) is 2.71. The topological polar surface area (TPSA) is 87.8 Å². The van der Waals surface area contributed by atoms with Crippen LogP contribution in [0.15, 0.2) is 12.4 Å². The fourth-order valence-corrected chi connectivity index (χ4v) is 1.68. The van der Waals surface area contributed by atoms with Crippen molar-refractivity contribution < 1.29 is 8.42 Å². The summed E-state index contributed by atoms with van der Waals surface area (Å²) in [5, 5.41) is 12.3. The molecule has 0 saturated carbocycles. The van der Waals surface area contributed by atoms with Crippen molar-refractivity contribution in [2.24, 2.45) is 0 Å². The van der Waals surface area contributed by atoms with Crippen molar-refractivity contribution >= 4 is 15.7 Å². The minimum atomic E-state index is -3.56. The molecule has 0 radical (unpaired) electrons. The number of hydrogen-bond acceptors (Lipinski definition) is 4. The Labute approximate surface area is 88.6 Å². The number of aromatic nitrogens is 2. The molecule has 0 aromatic carbocycles. The Kier molecular flexibility index (Phi) is 3.31. The van der Waals surface area contributed by atoms with Gasteiger partial charge in [0.2, 0.25) is 10.0 Å². The minimum Gasteiger partial charge on any atom is -0.279 e. The van der Waals surface area contributed by atoms with Gasteiger partial charge in [0, 0.05) is 12.2 Å². The Hall–Kier alpha value is -1.55. The maximum absolute atomic E-state index is 11.2. The molecule has 0 aliphatic carbocycles. The number of hydrogen-bond donors (Lipinski definition) is 1. The van der Waals surface area contributed by atoms with Crippen LogP contribution in [0.4, 0.5) is 5.69 Å². The second-order valence-corrected chi connectivity index (χ2v) is 5.04. The second-order valence-electron chi connectivity index (χ2n) is 3.32. The summed E-state index contributed by atoms with van der Waals surface area (Å²) < 4.78 is 26.3. The van der Waals surface area contributed by atoms with Crippen LogP contribution in [0.5, 0.6) is 0 Å². The van der Waals surface area contributed by atoms with Crippen molar-refractivity contribution in [2.45, 2.75) is 19.9 Å². The molecule has 0 bridgehead atoms. The van der Waals surface area contributed by atoms with E-state index >= 15 is 0 Å². The van der Waals surface area contributed by atoms with Gasteiger partial charge in [-0.05, 0) is 13.8 Å². The SMILES string of the molecule is CC(C)n1cc(NS(=O)(=O)CC#N)cn1. The number of rotatable bonds is 4. The predicted octanol–water partition coefficient (Wildman–Crippen LogP) is 0.729. The van der Waals surface area contributed by atoms with Crippen molar-refractivity contribution in [3.8, 4) is 6.07 Å². The van der Waals surface area contributed by atoms with Crippen molar-refractivity contribution in [3.63, 3.8) is 0 Å². The van der Waals surface area contributed by atoms with Gasteiger partial charge in [0.05, 0.1) is 18.0 Å². The number of nitrogens with zero attached hydrogens (tertiary/aromatic N) is 3. The van der Waals surface area contributed by atoms with Gasteiger partial charge in [-0.3, -0.25) is 9.40 Å². The first-order chi connectivity index (χ1) is 6.94. The lowest BCUT2D eigenvalue weighted by Gasteiger charge is -2.03. The van der Waals surface area contributed by atoms with Crippen LogP contribution in [0.1, 0.15) is 19.9 Å². The molecule has 82 valence electrons. The summed E-state index contributed by atoms with van der Waals surface area (Å²) in [6.45, 7) is 3.86. The molecule has 0 spiro atoms. The highest BCUT2D eigenvalue weighted by Gasteiger charge is 2.11. The molecule has 15 heavy (non-hydrogen) atoms. The van der Waals surface area contributed by atoms with Gasteiger partial charge >= 0.3 is 0 Å². The number of anilines is 1. The van der Waals surface area contributed by atoms with Crippen LogP contribution in [0.2, 0.25) is 0 Å². The number of sulfonamides is 1. The van der Waals surface area contributed by atoms with Crippen LogP contribution < -0.4 is 4.72 Å². The quantitative estimate of drug-likeness (QED) is 0.822. The van der Waals surface area contributed by atoms with Gasteiger partial charge in [-0.15, -0.1) is 0 Å². The monoisotopic (exact) mass is 228 g/mol. The maximum atomic E-state index is 11.2. The molecule has 1 aromatic rings. The molecule has 1 aromatic heterocycles. The van der Waals surface area contributed by atoms with E-state index in [1.165, 1.54) is 6.20 Å². The van der Waals surface area contributed by atoms with Crippen LogP contribution in [0.25, 0.3) is 0 Å². The van der Waals surface area contributed by atoms with Gasteiger partial charge in [0.15, 0.2) is 5.75 Å². The van der Waals surface area contributed by atoms with E-state index in [0.717, 1.165) is 0 Å². The summed E-state index contributed by atoms with van der Waals surface area (Å²) in [5.74, 6) is -0.556. The molecule has 0 amide bonds. The zero-order chi connectivity index (χ0) is 11.5. The Morgan fingerprint density at radius 1 is 1.67 bits per heavy atom. The fourth-order valence-electron chi connectivity index (χ4n) is 0.974. The molecule has 0 aliphatic rings. The molecule has 0 fully saturated rings. The Bertz CT molecular complexity index is 469. The predicted molar refractivity (Wildman–Crippen MR) is 55.6 cm³/mol. The standard InChI is InChI=1S/C8H12N4O2S/c1-7(2)12-6-8(5-10-12)11-15(13,14)4-3-9/h5-7,11H,4H2,1-2H3. The van der Waals surface area contributed by atoms with Crippen LogP contribution >= 0.6 is 0 Å². The molecular weight excluding hydrogens is 216 g/mol. The average Bonchev–Trinajstić information content (AvgIpc) is 2.51. The summed E-state index contributed by atoms with van der Waals surface area (Å²) in [4.78, 5) is 0. The number of nitrogens with one attached hydrogen (secondary N) is 1. The third-order valence-electron chi connectivity index (χ3n) is 1.66. The molecule has 1 heterocycles. The minimum absolute atomic E-state index is 0.166. The van der Waals surface area contributed by atoms with Gasteiger partial charge in [-0.1, -0.05) is 0 Å². The van der Waals surface area contributed by atoms with Crippen LogP contribution in [-0.2, 0) is 10.0 Å². The second kappa shape index (κ2) is 4.31. The van der Waals surface area contributed by atoms with Crippen LogP contribution in [0.3, 0.4) is 0 Å². The van der Waals surface area contributed by atoms with E-state index in [4.69, 9.17) is 5.26 Å². The van der Waals surface area contributed by atoms with Crippen molar-refractivity contribution in [3.05, 3.63) is 12.4 Å². The molecule has 0 aliphatic heterocycles. The lowest BCUT2D eigenvalue weighted by atomic mass is 10.4. The van der Waals surface area contributed by atoms with Gasteiger partial charge in [0.25, 0.3) is 0 Å². The maximum Gasteiger partial charge on any atom is 0.246 e. The molecule has 0 atom stereocenters. The zero-order valence-electron chi connectivity index (χ0n) is 8.51. The lowest BCUT2D eigenvalue weighted by Crippen LogP contribution is -2.15. The van der Waals surface area contributed by atoms with E-state index in [0.29, 0.717) is 5.69 Å². The van der Waals surface area contributed by atoms with E-state index < -0.39 is 15.8 Å². The first-order valence-electron chi connectivity index (χ1n) is 4.36. The normalized spacial score (nSPS) is 11.3. The fraction of sp³-hybridized carbons (Fsp3) is 0.500. The highest BCUT2D eigenvalue weighted by molar-refractivity contribution is 7.92. The summed E-state index contributed by atoms with van der Waals surface area (Å²) in [5.41, 5.74) is 0.374. The van der Waals surface area contributed by atoms with Gasteiger partial charge < -0.3 is 0 Å². The van der Waals surface area contributed by atoms with Gasteiger partial charge in [-0.25, -0.2) is 8.42 Å². The highest BCUT2D eigenvalue weighted by atomic mass is 32.2. The average molecular weight is 228 g/mol. The molecule has 7 heteroatoms. The molecule has 6 nitrogen and oxygen atoms in total. The van der Waals surface area contributed by atoms with E-state index in [1.807, 2.05) is 13.8 Å². The van der Waals surface area contributed by atoms with E-state index in [2.05, 4.69) is 9.82 Å². The Morgan fingerprint density at radius 3 is 2.80 bits per heavy atom. The summed E-state index contributed by atoms with van der Waals surface area (Å²) in [6.07, 6.45) is 2.99. The lowest BCUT2D eigenvalue weighted by molar-refractivity contribution is 0.532. The van der Waals surface area contributed by atoms with Crippen LogP contribution in [0, 0.1) is 11.3 Å². The Balaban J connectivity index is 2.78. The highest BCUT2D eigenvalue weighted by Crippen LogP contribution is 2.11. The van der Waals surface area contributed by atoms with E-state index in [1.54, 1.807) is 16.9 Å². The van der Waals surface area contributed by atoms with Crippen molar-refractivity contribution in [1.29, 1.82) is 5.26 Å². The zero-order valence-corrected chi connectivity index (χ0v) is 9.32. The molecule has 1 N–H and O–H groups in total. The van der Waals surface area contributed by atoms with Gasteiger partial charge in [0.1, 0.15) is 0 Å². The van der Waals surface area contributed by atoms with Crippen molar-refractivity contribution in [1.82, 2.24) is 9.78 Å². The summed E-state index contributed by atoms with van der Waals surface area (Å²) >= 11 is 0. The van der Waals surface area contributed by atoms with Gasteiger partial charge in [-0.2, -0.15) is 10.4 Å². The first kappa shape index (κ1) is 11.5. The molecule has 1 rings (SSSR count). The molecule has 0 saturated heterocycles. The van der Waals surface area contributed by atoms with Crippen LogP contribution in [-0.4, -0.2) is 24.0 Å². The van der Waals surface area contributed by atoms with E-state index in [9.17, 15) is 8.42 Å². The summed E-state index contributed by atoms with van der Waals surface area (Å²) in [7, 11) is -3.56. The summed E-state index contributed by atoms with van der Waals surface area (Å²) in [6, 6.07) is 1.75. The third kappa shape index (κ3) is 3.25. The van der Waals surface area contributed by atoms with E-state index in [-0.39, 0.29) is 6.04 Å². The molecular formula is C8H12N4O2S. The largest absolute Gasteiger partial charge is 0.279 e. The molecule has 0 unspecified atom stereocenters. The Morgan fingerprint density at radius 2 is 2.33 bits per heavy atom. The first-order valence-corrected chi connectivity index (χ1v) is 6.01.